The fraction of sp³-hybridized carbons (Fsp3) is 0.375. The molecular weight excluding hydrogens is 318 g/mol. The fourth-order valence-corrected chi connectivity index (χ4v) is 4.67. The number of rotatable bonds is 3. The van der Waals surface area contributed by atoms with Gasteiger partial charge in [0.1, 0.15) is 0 Å². The van der Waals surface area contributed by atoms with Crippen molar-refractivity contribution in [2.75, 3.05) is 0 Å². The lowest BCUT2D eigenvalue weighted by Crippen LogP contribution is -2.46. The van der Waals surface area contributed by atoms with Crippen molar-refractivity contribution in [1.82, 2.24) is 4.90 Å². The van der Waals surface area contributed by atoms with Crippen LogP contribution in [0.15, 0.2) is 55.1 Å². The van der Waals surface area contributed by atoms with E-state index in [9.17, 15) is 4.79 Å². The van der Waals surface area contributed by atoms with E-state index in [2.05, 4.69) is 42.7 Å². The number of benzene rings is 2. The van der Waals surface area contributed by atoms with Crippen molar-refractivity contribution >= 4 is 11.5 Å². The molecule has 2 heterocycles. The molecule has 0 spiro atoms. The summed E-state index contributed by atoms with van der Waals surface area (Å²) in [5.74, 6) is 0.788. The van der Waals surface area contributed by atoms with Crippen molar-refractivity contribution in [3.05, 3.63) is 77.4 Å². The van der Waals surface area contributed by atoms with Crippen LogP contribution in [-0.2, 0) is 0 Å². The minimum atomic E-state index is 0.202. The van der Waals surface area contributed by atoms with E-state index in [0.29, 0.717) is 18.0 Å². The summed E-state index contributed by atoms with van der Waals surface area (Å²) in [5.41, 5.74) is 5.68. The quantitative estimate of drug-likeness (QED) is 0.711. The first-order valence-electron chi connectivity index (χ1n) is 9.68. The Balaban J connectivity index is 1.51. The van der Waals surface area contributed by atoms with Crippen molar-refractivity contribution in [2.24, 2.45) is 0 Å². The molecule has 2 fully saturated rings. The van der Waals surface area contributed by atoms with Crippen LogP contribution in [0.4, 0.5) is 0 Å². The van der Waals surface area contributed by atoms with Crippen molar-refractivity contribution < 1.29 is 4.79 Å². The van der Waals surface area contributed by atoms with Crippen LogP contribution in [0.2, 0.25) is 0 Å². The maximum atomic E-state index is 13.1. The molecule has 2 aliphatic heterocycles. The van der Waals surface area contributed by atoms with Gasteiger partial charge in [-0.3, -0.25) is 4.79 Å². The minimum Gasteiger partial charge on any atom is -0.333 e. The lowest BCUT2D eigenvalue weighted by atomic mass is 9.84. The van der Waals surface area contributed by atoms with Gasteiger partial charge in [0.15, 0.2) is 0 Å². The van der Waals surface area contributed by atoms with Gasteiger partial charge >= 0.3 is 0 Å². The van der Waals surface area contributed by atoms with Crippen molar-refractivity contribution in [3.63, 3.8) is 0 Å². The largest absolute Gasteiger partial charge is 0.333 e. The maximum Gasteiger partial charge on any atom is 0.254 e. The Bertz CT molecular complexity index is 804. The number of piperidine rings is 1. The Hall–Kier alpha value is -2.35. The van der Waals surface area contributed by atoms with Gasteiger partial charge < -0.3 is 4.90 Å². The van der Waals surface area contributed by atoms with Crippen LogP contribution >= 0.6 is 0 Å². The molecule has 134 valence electrons. The monoisotopic (exact) mass is 345 g/mol. The highest BCUT2D eigenvalue weighted by Gasteiger charge is 2.43. The van der Waals surface area contributed by atoms with Crippen LogP contribution in [0, 0.1) is 6.92 Å². The predicted octanol–water partition coefficient (Wildman–Crippen LogP) is 5.58. The molecule has 2 aliphatic rings. The number of allylic oxidation sites excluding steroid dienone is 1. The smallest absolute Gasteiger partial charge is 0.254 e. The highest BCUT2D eigenvalue weighted by Crippen LogP contribution is 2.43. The summed E-state index contributed by atoms with van der Waals surface area (Å²) in [5, 5.41) is 0. The molecular formula is C24H27NO. The average molecular weight is 345 g/mol. The number of fused-ring (bicyclic) bond motifs is 2. The molecule has 2 aromatic rings. The molecule has 0 radical (unpaired) electrons. The first-order valence-corrected chi connectivity index (χ1v) is 9.68. The minimum absolute atomic E-state index is 0.202. The Morgan fingerprint density at radius 3 is 2.00 bits per heavy atom. The number of hydrogen-bond acceptors (Lipinski definition) is 1. The molecule has 4 rings (SSSR count). The predicted molar refractivity (Wildman–Crippen MR) is 107 cm³/mol. The molecule has 0 aliphatic carbocycles. The van der Waals surface area contributed by atoms with E-state index in [1.165, 1.54) is 11.1 Å². The van der Waals surface area contributed by atoms with Gasteiger partial charge in [-0.1, -0.05) is 54.1 Å². The Morgan fingerprint density at radius 2 is 1.46 bits per heavy atom. The summed E-state index contributed by atoms with van der Waals surface area (Å²) in [7, 11) is 0. The van der Waals surface area contributed by atoms with Gasteiger partial charge in [-0.25, -0.2) is 0 Å². The second-order valence-corrected chi connectivity index (χ2v) is 8.03. The van der Waals surface area contributed by atoms with Crippen LogP contribution in [0.1, 0.15) is 65.6 Å². The van der Waals surface area contributed by atoms with E-state index >= 15 is 0 Å². The SMILES string of the molecule is C=C(C)c1ccc(C(=O)N2[C@@H]3CC[C@H]2CC(c2ccc(C)cc2)C3)cc1. The second-order valence-electron chi connectivity index (χ2n) is 8.03. The van der Waals surface area contributed by atoms with Crippen LogP contribution in [0.5, 0.6) is 0 Å². The highest BCUT2D eigenvalue weighted by molar-refractivity contribution is 5.95. The Labute approximate surface area is 156 Å². The maximum absolute atomic E-state index is 13.1. The Morgan fingerprint density at radius 1 is 0.923 bits per heavy atom. The summed E-state index contributed by atoms with van der Waals surface area (Å²) in [6.07, 6.45) is 4.47. The van der Waals surface area contributed by atoms with Gasteiger partial charge in [0.05, 0.1) is 0 Å². The van der Waals surface area contributed by atoms with Crippen LogP contribution in [0.3, 0.4) is 0 Å². The van der Waals surface area contributed by atoms with E-state index in [-0.39, 0.29) is 5.91 Å². The van der Waals surface area contributed by atoms with Crippen molar-refractivity contribution in [2.45, 2.75) is 57.5 Å². The summed E-state index contributed by atoms with van der Waals surface area (Å²) < 4.78 is 0. The van der Waals surface area contributed by atoms with E-state index in [1.54, 1.807) is 0 Å². The zero-order valence-electron chi connectivity index (χ0n) is 15.7. The fourth-order valence-electron chi connectivity index (χ4n) is 4.67. The first kappa shape index (κ1) is 17.1. The van der Waals surface area contributed by atoms with Crippen LogP contribution in [-0.4, -0.2) is 22.9 Å². The average Bonchev–Trinajstić information content (AvgIpc) is 2.91. The third-order valence-corrected chi connectivity index (χ3v) is 6.14. The zero-order valence-corrected chi connectivity index (χ0v) is 15.7. The molecule has 2 saturated heterocycles. The number of amides is 1. The molecule has 0 N–H and O–H groups in total. The van der Waals surface area contributed by atoms with Gasteiger partial charge in [0.2, 0.25) is 0 Å². The van der Waals surface area contributed by atoms with Gasteiger partial charge in [0.25, 0.3) is 5.91 Å². The number of nitrogens with zero attached hydrogens (tertiary/aromatic N) is 1. The van der Waals surface area contributed by atoms with E-state index in [4.69, 9.17) is 0 Å². The molecule has 0 aromatic heterocycles. The van der Waals surface area contributed by atoms with E-state index in [1.807, 2.05) is 31.2 Å². The van der Waals surface area contributed by atoms with Crippen molar-refractivity contribution in [3.8, 4) is 0 Å². The number of hydrogen-bond donors (Lipinski definition) is 0. The standard InChI is InChI=1S/C24H27NO/c1-16(2)18-8-10-20(11-9-18)24(26)25-22-12-13-23(25)15-21(14-22)19-6-4-17(3)5-7-19/h4-11,21-23H,1,12-15H2,2-3H3/t21?,22-,23+. The molecule has 1 amide bonds. The second kappa shape index (κ2) is 6.75. The number of carbonyl (C=O) groups is 1. The summed E-state index contributed by atoms with van der Waals surface area (Å²) in [6.45, 7) is 8.10. The molecule has 26 heavy (non-hydrogen) atoms. The molecule has 1 unspecified atom stereocenters. The highest BCUT2D eigenvalue weighted by atomic mass is 16.2. The molecule has 0 saturated carbocycles. The molecule has 2 nitrogen and oxygen atoms in total. The summed E-state index contributed by atoms with van der Waals surface area (Å²) in [4.78, 5) is 15.3. The van der Waals surface area contributed by atoms with Gasteiger partial charge in [0, 0.05) is 17.6 Å². The van der Waals surface area contributed by atoms with Crippen LogP contribution < -0.4 is 0 Å². The first-order chi connectivity index (χ1) is 12.5. The molecule has 3 atom stereocenters. The van der Waals surface area contributed by atoms with Gasteiger partial charge in [-0.2, -0.15) is 0 Å². The molecule has 2 heteroatoms. The number of carbonyl (C=O) groups excluding carboxylic acids is 1. The van der Waals surface area contributed by atoms with Crippen molar-refractivity contribution in [1.29, 1.82) is 0 Å². The number of aryl methyl sites for hydroxylation is 1. The molecule has 2 aromatic carbocycles. The molecule has 2 bridgehead atoms. The van der Waals surface area contributed by atoms with Crippen LogP contribution in [0.25, 0.3) is 5.57 Å². The summed E-state index contributed by atoms with van der Waals surface area (Å²) in [6, 6.07) is 17.7. The third kappa shape index (κ3) is 3.09. The lowest BCUT2D eigenvalue weighted by Gasteiger charge is -2.39. The zero-order chi connectivity index (χ0) is 18.3. The lowest BCUT2D eigenvalue weighted by molar-refractivity contribution is 0.0571. The topological polar surface area (TPSA) is 20.3 Å². The van der Waals surface area contributed by atoms with Gasteiger partial charge in [-0.15, -0.1) is 0 Å². The Kier molecular flexibility index (Phi) is 4.44. The normalized spacial score (nSPS) is 24.5. The van der Waals surface area contributed by atoms with E-state index in [0.717, 1.165) is 42.4 Å². The van der Waals surface area contributed by atoms with E-state index < -0.39 is 0 Å². The van der Waals surface area contributed by atoms with Gasteiger partial charge in [-0.05, 0) is 68.7 Å². The third-order valence-electron chi connectivity index (χ3n) is 6.14. The summed E-state index contributed by atoms with van der Waals surface area (Å²) >= 11 is 0.